The number of aromatic nitrogens is 1. The number of carbonyl (C=O) groups excluding carboxylic acids is 1. The summed E-state index contributed by atoms with van der Waals surface area (Å²) in [5.41, 5.74) is 1.80. The molecule has 5 heteroatoms. The average molecular weight is 311 g/mol. The molecule has 0 bridgehead atoms. The highest BCUT2D eigenvalue weighted by molar-refractivity contribution is 7.07. The van der Waals surface area contributed by atoms with Crippen LogP contribution in [0.4, 0.5) is 0 Å². The molecule has 0 radical (unpaired) electrons. The fourth-order valence-electron chi connectivity index (χ4n) is 2.11. The second-order valence-corrected chi connectivity index (χ2v) is 6.19. The van der Waals surface area contributed by atoms with Crippen LogP contribution in [-0.2, 0) is 13.6 Å². The van der Waals surface area contributed by atoms with Gasteiger partial charge in [-0.2, -0.15) is 11.3 Å². The van der Waals surface area contributed by atoms with Crippen molar-refractivity contribution in [3.63, 3.8) is 0 Å². The Kier molecular flexibility index (Phi) is 4.89. The number of carbonyl (C=O) groups is 1. The number of rotatable bonds is 5. The SMILES string of the molecule is CCC(C)N(Cc1ccsc1)C(=O)c1cc(Cl)cn1C. The summed E-state index contributed by atoms with van der Waals surface area (Å²) in [5.74, 6) is 0.0277. The molecule has 108 valence electrons. The third-order valence-electron chi connectivity index (χ3n) is 3.51. The summed E-state index contributed by atoms with van der Waals surface area (Å²) in [4.78, 5) is 14.7. The zero-order valence-corrected chi connectivity index (χ0v) is 13.5. The Morgan fingerprint density at radius 1 is 1.55 bits per heavy atom. The van der Waals surface area contributed by atoms with Crippen molar-refractivity contribution in [3.05, 3.63) is 45.4 Å². The van der Waals surface area contributed by atoms with E-state index in [1.165, 1.54) is 5.56 Å². The Morgan fingerprint density at radius 2 is 2.30 bits per heavy atom. The number of nitrogens with zero attached hydrogens (tertiary/aromatic N) is 2. The number of amides is 1. The van der Waals surface area contributed by atoms with Crippen LogP contribution < -0.4 is 0 Å². The highest BCUT2D eigenvalue weighted by Crippen LogP contribution is 2.19. The van der Waals surface area contributed by atoms with Crippen molar-refractivity contribution in [2.45, 2.75) is 32.9 Å². The zero-order chi connectivity index (χ0) is 14.7. The molecule has 2 aromatic heterocycles. The van der Waals surface area contributed by atoms with Crippen LogP contribution in [0.5, 0.6) is 0 Å². The smallest absolute Gasteiger partial charge is 0.271 e. The molecule has 0 aliphatic heterocycles. The van der Waals surface area contributed by atoms with E-state index in [1.54, 1.807) is 28.2 Å². The normalized spacial score (nSPS) is 12.4. The van der Waals surface area contributed by atoms with Crippen molar-refractivity contribution in [1.82, 2.24) is 9.47 Å². The predicted octanol–water partition coefficient (Wildman–Crippen LogP) is 4.18. The largest absolute Gasteiger partial charge is 0.345 e. The third-order valence-corrected chi connectivity index (χ3v) is 4.45. The lowest BCUT2D eigenvalue weighted by Crippen LogP contribution is -2.38. The monoisotopic (exact) mass is 310 g/mol. The van der Waals surface area contributed by atoms with Gasteiger partial charge in [0, 0.05) is 25.8 Å². The predicted molar refractivity (Wildman–Crippen MR) is 84.4 cm³/mol. The molecular weight excluding hydrogens is 292 g/mol. The van der Waals surface area contributed by atoms with Crippen molar-refractivity contribution in [1.29, 1.82) is 0 Å². The molecule has 20 heavy (non-hydrogen) atoms. The summed E-state index contributed by atoms with van der Waals surface area (Å²) >= 11 is 7.63. The maximum absolute atomic E-state index is 12.8. The van der Waals surface area contributed by atoms with Gasteiger partial charge in [0.2, 0.25) is 0 Å². The Bertz CT molecular complexity index is 577. The average Bonchev–Trinajstić information content (AvgIpc) is 3.04. The lowest BCUT2D eigenvalue weighted by molar-refractivity contribution is 0.0662. The first-order valence-electron chi connectivity index (χ1n) is 6.66. The van der Waals surface area contributed by atoms with E-state index in [1.807, 2.05) is 17.3 Å². The lowest BCUT2D eigenvalue weighted by atomic mass is 10.1. The van der Waals surface area contributed by atoms with Gasteiger partial charge >= 0.3 is 0 Å². The Hall–Kier alpha value is -1.26. The van der Waals surface area contributed by atoms with Crippen molar-refractivity contribution in [3.8, 4) is 0 Å². The van der Waals surface area contributed by atoms with Gasteiger partial charge in [-0.15, -0.1) is 0 Å². The highest BCUT2D eigenvalue weighted by atomic mass is 35.5. The van der Waals surface area contributed by atoms with Gasteiger partial charge in [-0.3, -0.25) is 4.79 Å². The molecule has 0 N–H and O–H groups in total. The van der Waals surface area contributed by atoms with Gasteiger partial charge in [0.25, 0.3) is 5.91 Å². The fraction of sp³-hybridized carbons (Fsp3) is 0.400. The maximum Gasteiger partial charge on any atom is 0.271 e. The van der Waals surface area contributed by atoms with E-state index in [4.69, 9.17) is 11.6 Å². The van der Waals surface area contributed by atoms with E-state index in [9.17, 15) is 4.79 Å². The van der Waals surface area contributed by atoms with Crippen molar-refractivity contribution in [2.24, 2.45) is 7.05 Å². The van der Waals surface area contributed by atoms with Crippen LogP contribution in [0.2, 0.25) is 5.02 Å². The van der Waals surface area contributed by atoms with E-state index >= 15 is 0 Å². The van der Waals surface area contributed by atoms with Gasteiger partial charge in [0.1, 0.15) is 5.69 Å². The zero-order valence-electron chi connectivity index (χ0n) is 12.0. The number of hydrogen-bond acceptors (Lipinski definition) is 2. The third kappa shape index (κ3) is 3.25. The van der Waals surface area contributed by atoms with E-state index in [-0.39, 0.29) is 11.9 Å². The lowest BCUT2D eigenvalue weighted by Gasteiger charge is -2.28. The van der Waals surface area contributed by atoms with Gasteiger partial charge < -0.3 is 9.47 Å². The quantitative estimate of drug-likeness (QED) is 0.813. The van der Waals surface area contributed by atoms with Gasteiger partial charge in [0.15, 0.2) is 0 Å². The summed E-state index contributed by atoms with van der Waals surface area (Å²) in [6.07, 6.45) is 2.68. The summed E-state index contributed by atoms with van der Waals surface area (Å²) in [6.45, 7) is 4.81. The maximum atomic E-state index is 12.8. The molecule has 0 aliphatic rings. The van der Waals surface area contributed by atoms with Crippen LogP contribution >= 0.6 is 22.9 Å². The van der Waals surface area contributed by atoms with Crippen LogP contribution in [0.3, 0.4) is 0 Å². The molecule has 1 amide bonds. The first-order valence-corrected chi connectivity index (χ1v) is 7.99. The molecule has 2 rings (SSSR count). The molecule has 0 saturated heterocycles. The molecule has 0 aromatic carbocycles. The molecule has 1 atom stereocenters. The van der Waals surface area contributed by atoms with Crippen molar-refractivity contribution in [2.75, 3.05) is 0 Å². The van der Waals surface area contributed by atoms with Crippen LogP contribution in [0.15, 0.2) is 29.1 Å². The minimum absolute atomic E-state index is 0.0277. The highest BCUT2D eigenvalue weighted by Gasteiger charge is 2.23. The molecule has 0 aliphatic carbocycles. The molecule has 0 saturated carbocycles. The standard InChI is InChI=1S/C15H19ClN2OS/c1-4-11(2)18(8-12-5-6-20-10-12)15(19)14-7-13(16)9-17(14)3/h5-7,9-11H,4,8H2,1-3H3. The number of thiophene rings is 1. The first-order chi connectivity index (χ1) is 9.52. The minimum Gasteiger partial charge on any atom is -0.345 e. The second-order valence-electron chi connectivity index (χ2n) is 4.98. The molecular formula is C15H19ClN2OS. The van der Waals surface area contributed by atoms with Crippen LogP contribution in [-0.4, -0.2) is 21.4 Å². The molecule has 0 fully saturated rings. The Labute approximate surface area is 128 Å². The summed E-state index contributed by atoms with van der Waals surface area (Å²) in [7, 11) is 1.85. The molecule has 2 heterocycles. The number of halogens is 1. The van der Waals surface area contributed by atoms with Gasteiger partial charge in [-0.25, -0.2) is 0 Å². The number of aryl methyl sites for hydroxylation is 1. The molecule has 2 aromatic rings. The van der Waals surface area contributed by atoms with Crippen molar-refractivity contribution >= 4 is 28.8 Å². The molecule has 3 nitrogen and oxygen atoms in total. The number of hydrogen-bond donors (Lipinski definition) is 0. The molecule has 1 unspecified atom stereocenters. The second kappa shape index (κ2) is 6.46. The van der Waals surface area contributed by atoms with Gasteiger partial charge in [-0.1, -0.05) is 18.5 Å². The molecule has 0 spiro atoms. The summed E-state index contributed by atoms with van der Waals surface area (Å²) in [6, 6.07) is 3.98. The Balaban J connectivity index is 2.26. The topological polar surface area (TPSA) is 25.2 Å². The van der Waals surface area contributed by atoms with Crippen LogP contribution in [0.1, 0.15) is 36.3 Å². The fourth-order valence-corrected chi connectivity index (χ4v) is 3.02. The van der Waals surface area contributed by atoms with E-state index < -0.39 is 0 Å². The minimum atomic E-state index is 0.0277. The van der Waals surface area contributed by atoms with E-state index in [0.717, 1.165) is 6.42 Å². The van der Waals surface area contributed by atoms with Crippen molar-refractivity contribution < 1.29 is 4.79 Å². The summed E-state index contributed by atoms with van der Waals surface area (Å²) in [5, 5.41) is 4.71. The van der Waals surface area contributed by atoms with Gasteiger partial charge in [-0.05, 0) is 41.8 Å². The van der Waals surface area contributed by atoms with Gasteiger partial charge in [0.05, 0.1) is 5.02 Å². The van der Waals surface area contributed by atoms with E-state index in [2.05, 4.69) is 25.3 Å². The van der Waals surface area contributed by atoms with Crippen LogP contribution in [0.25, 0.3) is 0 Å². The van der Waals surface area contributed by atoms with Crippen LogP contribution in [0, 0.1) is 0 Å². The summed E-state index contributed by atoms with van der Waals surface area (Å²) < 4.78 is 1.79. The first kappa shape index (κ1) is 15.1. The Morgan fingerprint density at radius 3 is 2.80 bits per heavy atom. The van der Waals surface area contributed by atoms with E-state index in [0.29, 0.717) is 17.3 Å².